The van der Waals surface area contributed by atoms with Crippen LogP contribution in [0.3, 0.4) is 0 Å². The van der Waals surface area contributed by atoms with Crippen molar-refractivity contribution in [1.29, 1.82) is 0 Å². The second-order valence-electron chi connectivity index (χ2n) is 7.31. The standard InChI is InChI=1S/C24H26/c1-4-10-19(11-5-1)16-22(17-20-12-6-2-7-13-20)23-15-9-3-8-14-21-18-24(21)23/h1-7,9-13,21,24H,8,14-18H2/b9-3-. The fourth-order valence-electron chi connectivity index (χ4n) is 4.16. The van der Waals surface area contributed by atoms with Crippen LogP contribution in [0.1, 0.15) is 36.8 Å². The maximum Gasteiger partial charge on any atom is -0.00609 e. The molecule has 0 N–H and O–H groups in total. The Bertz CT molecular complexity index is 678. The number of rotatable bonds is 4. The molecule has 2 aromatic carbocycles. The molecule has 0 amide bonds. The molecule has 0 spiro atoms. The molecule has 1 fully saturated rings. The lowest BCUT2D eigenvalue weighted by atomic mass is 9.88. The first kappa shape index (κ1) is 15.4. The third kappa shape index (κ3) is 3.70. The molecule has 0 saturated heterocycles. The highest BCUT2D eigenvalue weighted by molar-refractivity contribution is 5.35. The van der Waals surface area contributed by atoms with E-state index in [9.17, 15) is 0 Å². The molecule has 0 heterocycles. The van der Waals surface area contributed by atoms with Gasteiger partial charge in [-0.2, -0.15) is 0 Å². The molecular formula is C24H26. The third-order valence-electron chi connectivity index (χ3n) is 5.55. The van der Waals surface area contributed by atoms with E-state index in [1.54, 1.807) is 11.1 Å². The summed E-state index contributed by atoms with van der Waals surface area (Å²) in [5.41, 5.74) is 6.29. The first-order valence-electron chi connectivity index (χ1n) is 9.34. The molecular weight excluding hydrogens is 288 g/mol. The van der Waals surface area contributed by atoms with E-state index in [4.69, 9.17) is 0 Å². The molecule has 0 bridgehead atoms. The Kier molecular flexibility index (Phi) is 4.64. The highest BCUT2D eigenvalue weighted by Crippen LogP contribution is 2.50. The number of allylic oxidation sites excluding steroid dienone is 4. The van der Waals surface area contributed by atoms with Gasteiger partial charge in [0.15, 0.2) is 0 Å². The fraction of sp³-hybridized carbons (Fsp3) is 0.333. The van der Waals surface area contributed by atoms with Gasteiger partial charge in [-0.1, -0.05) is 84.0 Å². The van der Waals surface area contributed by atoms with Gasteiger partial charge in [0.2, 0.25) is 0 Å². The molecule has 0 aromatic heterocycles. The molecule has 2 aliphatic carbocycles. The number of hydrogen-bond acceptors (Lipinski definition) is 0. The van der Waals surface area contributed by atoms with E-state index in [1.165, 1.54) is 30.4 Å². The first-order chi connectivity index (χ1) is 11.9. The van der Waals surface area contributed by atoms with Crippen LogP contribution in [0.4, 0.5) is 0 Å². The van der Waals surface area contributed by atoms with Crippen LogP contribution >= 0.6 is 0 Å². The summed E-state index contributed by atoms with van der Waals surface area (Å²) >= 11 is 0. The average molecular weight is 314 g/mol. The molecule has 0 radical (unpaired) electrons. The van der Waals surface area contributed by atoms with E-state index >= 15 is 0 Å². The van der Waals surface area contributed by atoms with Crippen molar-refractivity contribution in [2.75, 3.05) is 0 Å². The number of hydrogen-bond donors (Lipinski definition) is 0. The Balaban J connectivity index is 1.67. The summed E-state index contributed by atoms with van der Waals surface area (Å²) in [6, 6.07) is 22.0. The van der Waals surface area contributed by atoms with Crippen LogP contribution in [0, 0.1) is 11.8 Å². The van der Waals surface area contributed by atoms with E-state index in [0.29, 0.717) is 0 Å². The van der Waals surface area contributed by atoms with Gasteiger partial charge in [-0.3, -0.25) is 0 Å². The Morgan fingerprint density at radius 3 is 2.04 bits per heavy atom. The van der Waals surface area contributed by atoms with Gasteiger partial charge < -0.3 is 0 Å². The van der Waals surface area contributed by atoms with Gasteiger partial charge in [0.05, 0.1) is 0 Å². The average Bonchev–Trinajstić information content (AvgIpc) is 3.35. The summed E-state index contributed by atoms with van der Waals surface area (Å²) in [4.78, 5) is 0. The highest BCUT2D eigenvalue weighted by Gasteiger charge is 2.39. The van der Waals surface area contributed by atoms with Crippen LogP contribution in [-0.4, -0.2) is 0 Å². The van der Waals surface area contributed by atoms with Crippen molar-refractivity contribution in [3.8, 4) is 0 Å². The Labute approximate surface area is 145 Å². The molecule has 2 atom stereocenters. The van der Waals surface area contributed by atoms with Crippen molar-refractivity contribution in [2.24, 2.45) is 11.8 Å². The van der Waals surface area contributed by atoms with Crippen molar-refractivity contribution >= 4 is 0 Å². The predicted octanol–water partition coefficient (Wildman–Crippen LogP) is 6.14. The molecule has 2 aromatic rings. The van der Waals surface area contributed by atoms with Crippen LogP contribution in [0.15, 0.2) is 84.0 Å². The second kappa shape index (κ2) is 7.21. The monoisotopic (exact) mass is 314 g/mol. The first-order valence-corrected chi connectivity index (χ1v) is 9.34. The summed E-state index contributed by atoms with van der Waals surface area (Å²) in [7, 11) is 0. The SMILES string of the molecule is C1=C\CC(=C(Cc2ccccc2)Cc2ccccc2)C2CC2CC/1. The summed E-state index contributed by atoms with van der Waals surface area (Å²) in [5, 5.41) is 0. The minimum Gasteiger partial charge on any atom is -0.0882 e. The van der Waals surface area contributed by atoms with Crippen molar-refractivity contribution in [3.63, 3.8) is 0 Å². The van der Waals surface area contributed by atoms with Gasteiger partial charge in [-0.15, -0.1) is 0 Å². The molecule has 122 valence electrons. The second-order valence-corrected chi connectivity index (χ2v) is 7.31. The van der Waals surface area contributed by atoms with Crippen molar-refractivity contribution < 1.29 is 0 Å². The van der Waals surface area contributed by atoms with E-state index in [1.807, 2.05) is 0 Å². The Morgan fingerprint density at radius 1 is 0.792 bits per heavy atom. The summed E-state index contributed by atoms with van der Waals surface area (Å²) in [6.07, 6.45) is 12.3. The van der Waals surface area contributed by atoms with Crippen molar-refractivity contribution in [3.05, 3.63) is 95.1 Å². The molecule has 0 heteroatoms. The minimum atomic E-state index is 0.859. The summed E-state index contributed by atoms with van der Waals surface area (Å²) < 4.78 is 0. The summed E-state index contributed by atoms with van der Waals surface area (Å²) in [6.45, 7) is 0. The zero-order chi connectivity index (χ0) is 16.2. The molecule has 1 saturated carbocycles. The predicted molar refractivity (Wildman–Crippen MR) is 102 cm³/mol. The normalized spacial score (nSPS) is 23.8. The maximum atomic E-state index is 2.42. The quantitative estimate of drug-likeness (QED) is 0.594. The largest absolute Gasteiger partial charge is 0.0882 e. The zero-order valence-electron chi connectivity index (χ0n) is 14.3. The molecule has 4 rings (SSSR count). The van der Waals surface area contributed by atoms with Crippen LogP contribution < -0.4 is 0 Å². The lowest BCUT2D eigenvalue weighted by Crippen LogP contribution is -2.04. The molecule has 2 aliphatic rings. The van der Waals surface area contributed by atoms with E-state index in [2.05, 4.69) is 72.8 Å². The van der Waals surface area contributed by atoms with E-state index in [0.717, 1.165) is 31.1 Å². The topological polar surface area (TPSA) is 0 Å². The van der Waals surface area contributed by atoms with Gasteiger partial charge in [-0.25, -0.2) is 0 Å². The maximum absolute atomic E-state index is 2.42. The van der Waals surface area contributed by atoms with E-state index in [-0.39, 0.29) is 0 Å². The van der Waals surface area contributed by atoms with Crippen molar-refractivity contribution in [2.45, 2.75) is 38.5 Å². The van der Waals surface area contributed by atoms with Gasteiger partial charge in [0.25, 0.3) is 0 Å². The third-order valence-corrected chi connectivity index (χ3v) is 5.55. The van der Waals surface area contributed by atoms with Crippen LogP contribution in [-0.2, 0) is 12.8 Å². The van der Waals surface area contributed by atoms with Gasteiger partial charge >= 0.3 is 0 Å². The van der Waals surface area contributed by atoms with Crippen LogP contribution in [0.2, 0.25) is 0 Å². The molecule has 0 nitrogen and oxygen atoms in total. The van der Waals surface area contributed by atoms with Gasteiger partial charge in [0.1, 0.15) is 0 Å². The minimum absolute atomic E-state index is 0.859. The number of benzene rings is 2. The van der Waals surface area contributed by atoms with Gasteiger partial charge in [-0.05, 0) is 61.5 Å². The molecule has 2 unspecified atom stereocenters. The highest BCUT2D eigenvalue weighted by atomic mass is 14.4. The molecule has 24 heavy (non-hydrogen) atoms. The lowest BCUT2D eigenvalue weighted by molar-refractivity contribution is 0.671. The van der Waals surface area contributed by atoms with Crippen LogP contribution in [0.25, 0.3) is 0 Å². The van der Waals surface area contributed by atoms with E-state index < -0.39 is 0 Å². The summed E-state index contributed by atoms with van der Waals surface area (Å²) in [5.74, 6) is 1.81. The van der Waals surface area contributed by atoms with Crippen molar-refractivity contribution in [1.82, 2.24) is 0 Å². The fourth-order valence-corrected chi connectivity index (χ4v) is 4.16. The van der Waals surface area contributed by atoms with Gasteiger partial charge in [0, 0.05) is 0 Å². The smallest absolute Gasteiger partial charge is 0.00609 e. The molecule has 0 aliphatic heterocycles. The number of fused-ring (bicyclic) bond motifs is 1. The lowest BCUT2D eigenvalue weighted by Gasteiger charge is -2.17. The zero-order valence-corrected chi connectivity index (χ0v) is 14.3. The van der Waals surface area contributed by atoms with Crippen LogP contribution in [0.5, 0.6) is 0 Å². The Hall–Kier alpha value is -2.08. The Morgan fingerprint density at radius 2 is 1.42 bits per heavy atom.